The first kappa shape index (κ1) is 7.05. The van der Waals surface area contributed by atoms with Crippen LogP contribution in [0.4, 0.5) is 0 Å². The zero-order valence-corrected chi connectivity index (χ0v) is 6.40. The second kappa shape index (κ2) is 2.68. The monoisotopic (exact) mass is 141 g/mol. The average molecular weight is 141 g/mol. The molecular weight excluding hydrogens is 130 g/mol. The van der Waals surface area contributed by atoms with Crippen LogP contribution in [0, 0.1) is 0 Å². The van der Waals surface area contributed by atoms with Crippen molar-refractivity contribution in [3.8, 4) is 5.88 Å². The highest BCUT2D eigenvalue weighted by Crippen LogP contribution is 2.12. The summed E-state index contributed by atoms with van der Waals surface area (Å²) in [5.74, 6) is 0.704. The van der Waals surface area contributed by atoms with Gasteiger partial charge in [-0.05, 0) is 13.8 Å². The van der Waals surface area contributed by atoms with Crippen molar-refractivity contribution in [1.82, 2.24) is 15.0 Å². The molecule has 0 unspecified atom stereocenters. The minimum Gasteiger partial charge on any atom is -0.480 e. The maximum absolute atomic E-state index is 4.98. The standard InChI is InChI=1S/C6H11N3O/c1-5(2)9-6(10-3)4-7-8-9/h4-5H,1-3H3. The first-order valence-corrected chi connectivity index (χ1v) is 3.20. The molecule has 4 nitrogen and oxygen atoms in total. The Labute approximate surface area is 59.8 Å². The molecule has 0 spiro atoms. The number of methoxy groups -OCH3 is 1. The van der Waals surface area contributed by atoms with Gasteiger partial charge in [-0.2, -0.15) is 0 Å². The molecule has 10 heavy (non-hydrogen) atoms. The fourth-order valence-corrected chi connectivity index (χ4v) is 0.738. The van der Waals surface area contributed by atoms with E-state index in [4.69, 9.17) is 4.74 Å². The van der Waals surface area contributed by atoms with Crippen LogP contribution in [0.25, 0.3) is 0 Å². The second-order valence-electron chi connectivity index (χ2n) is 2.31. The van der Waals surface area contributed by atoms with Gasteiger partial charge < -0.3 is 4.74 Å². The molecule has 0 aromatic carbocycles. The van der Waals surface area contributed by atoms with Gasteiger partial charge in [-0.1, -0.05) is 5.21 Å². The van der Waals surface area contributed by atoms with Gasteiger partial charge in [-0.15, -0.1) is 5.10 Å². The summed E-state index contributed by atoms with van der Waals surface area (Å²) in [6.45, 7) is 4.05. The molecule has 1 aromatic rings. The van der Waals surface area contributed by atoms with Crippen LogP contribution >= 0.6 is 0 Å². The lowest BCUT2D eigenvalue weighted by Gasteiger charge is -2.06. The highest BCUT2D eigenvalue weighted by atomic mass is 16.5. The quantitative estimate of drug-likeness (QED) is 0.613. The number of nitrogens with zero attached hydrogens (tertiary/aromatic N) is 3. The van der Waals surface area contributed by atoms with Crippen LogP contribution in [-0.2, 0) is 0 Å². The topological polar surface area (TPSA) is 39.9 Å². The van der Waals surface area contributed by atoms with Crippen LogP contribution in [0.1, 0.15) is 19.9 Å². The average Bonchev–Trinajstić information content (AvgIpc) is 2.33. The van der Waals surface area contributed by atoms with Crippen LogP contribution in [0.3, 0.4) is 0 Å². The van der Waals surface area contributed by atoms with E-state index in [-0.39, 0.29) is 0 Å². The fraction of sp³-hybridized carbons (Fsp3) is 0.667. The fourth-order valence-electron chi connectivity index (χ4n) is 0.738. The van der Waals surface area contributed by atoms with Crippen molar-refractivity contribution in [2.75, 3.05) is 7.11 Å². The molecule has 0 aliphatic carbocycles. The Morgan fingerprint density at radius 3 is 2.70 bits per heavy atom. The molecule has 0 amide bonds. The lowest BCUT2D eigenvalue weighted by molar-refractivity contribution is 0.344. The first-order valence-electron chi connectivity index (χ1n) is 3.20. The summed E-state index contributed by atoms with van der Waals surface area (Å²) < 4.78 is 6.71. The Morgan fingerprint density at radius 1 is 1.60 bits per heavy atom. The molecule has 0 aliphatic heterocycles. The summed E-state index contributed by atoms with van der Waals surface area (Å²) in [6, 6.07) is 0.303. The number of aromatic nitrogens is 3. The molecule has 56 valence electrons. The molecule has 0 fully saturated rings. The molecule has 0 saturated heterocycles. The van der Waals surface area contributed by atoms with Crippen LogP contribution in [0.5, 0.6) is 5.88 Å². The van der Waals surface area contributed by atoms with Gasteiger partial charge in [0, 0.05) is 0 Å². The van der Waals surface area contributed by atoms with E-state index < -0.39 is 0 Å². The molecule has 0 bridgehead atoms. The summed E-state index contributed by atoms with van der Waals surface area (Å²) in [4.78, 5) is 0. The molecule has 0 saturated carbocycles. The van der Waals surface area contributed by atoms with E-state index in [0.717, 1.165) is 0 Å². The third-order valence-electron chi connectivity index (χ3n) is 1.24. The SMILES string of the molecule is COc1cnnn1C(C)C. The Morgan fingerprint density at radius 2 is 2.30 bits per heavy atom. The van der Waals surface area contributed by atoms with E-state index in [9.17, 15) is 0 Å². The lowest BCUT2D eigenvalue weighted by Crippen LogP contribution is -2.04. The van der Waals surface area contributed by atoms with Crippen molar-refractivity contribution < 1.29 is 4.74 Å². The van der Waals surface area contributed by atoms with E-state index in [0.29, 0.717) is 11.9 Å². The van der Waals surface area contributed by atoms with E-state index in [2.05, 4.69) is 10.3 Å². The largest absolute Gasteiger partial charge is 0.480 e. The van der Waals surface area contributed by atoms with Gasteiger partial charge in [0.25, 0.3) is 0 Å². The Kier molecular flexibility index (Phi) is 1.89. The zero-order valence-electron chi connectivity index (χ0n) is 6.40. The van der Waals surface area contributed by atoms with E-state index in [1.165, 1.54) is 0 Å². The van der Waals surface area contributed by atoms with Crippen molar-refractivity contribution in [2.45, 2.75) is 19.9 Å². The summed E-state index contributed by atoms with van der Waals surface area (Å²) in [7, 11) is 1.61. The van der Waals surface area contributed by atoms with Gasteiger partial charge in [0.1, 0.15) is 6.20 Å². The van der Waals surface area contributed by atoms with Crippen LogP contribution in [0.15, 0.2) is 6.20 Å². The third-order valence-corrected chi connectivity index (χ3v) is 1.24. The highest BCUT2D eigenvalue weighted by Gasteiger charge is 2.04. The van der Waals surface area contributed by atoms with Crippen molar-refractivity contribution in [3.05, 3.63) is 6.20 Å². The molecule has 0 N–H and O–H groups in total. The molecule has 0 aliphatic rings. The second-order valence-corrected chi connectivity index (χ2v) is 2.31. The zero-order chi connectivity index (χ0) is 7.56. The normalized spacial score (nSPS) is 10.4. The van der Waals surface area contributed by atoms with Crippen molar-refractivity contribution in [2.24, 2.45) is 0 Å². The molecule has 4 heteroatoms. The molecule has 1 aromatic heterocycles. The van der Waals surface area contributed by atoms with Gasteiger partial charge in [0.15, 0.2) is 0 Å². The van der Waals surface area contributed by atoms with Gasteiger partial charge in [0.05, 0.1) is 13.2 Å². The lowest BCUT2D eigenvalue weighted by atomic mass is 10.4. The van der Waals surface area contributed by atoms with Crippen LogP contribution in [-0.4, -0.2) is 22.1 Å². The Balaban J connectivity index is 2.90. The summed E-state index contributed by atoms with van der Waals surface area (Å²) in [5.41, 5.74) is 0. The smallest absolute Gasteiger partial charge is 0.232 e. The van der Waals surface area contributed by atoms with Crippen LogP contribution in [0.2, 0.25) is 0 Å². The van der Waals surface area contributed by atoms with Gasteiger partial charge in [-0.3, -0.25) is 0 Å². The molecule has 0 atom stereocenters. The van der Waals surface area contributed by atoms with E-state index in [1.807, 2.05) is 13.8 Å². The van der Waals surface area contributed by atoms with E-state index in [1.54, 1.807) is 18.0 Å². The summed E-state index contributed by atoms with van der Waals surface area (Å²) in [5, 5.41) is 7.53. The minimum atomic E-state index is 0.303. The molecule has 0 radical (unpaired) electrons. The number of rotatable bonds is 2. The predicted molar refractivity (Wildman–Crippen MR) is 37.0 cm³/mol. The summed E-state index contributed by atoms with van der Waals surface area (Å²) in [6.07, 6.45) is 1.60. The molecule has 1 heterocycles. The highest BCUT2D eigenvalue weighted by molar-refractivity contribution is 5.01. The third kappa shape index (κ3) is 1.10. The Hall–Kier alpha value is -1.06. The summed E-state index contributed by atoms with van der Waals surface area (Å²) >= 11 is 0. The number of ether oxygens (including phenoxy) is 1. The number of hydrogen-bond acceptors (Lipinski definition) is 3. The van der Waals surface area contributed by atoms with E-state index >= 15 is 0 Å². The van der Waals surface area contributed by atoms with Gasteiger partial charge in [0.2, 0.25) is 5.88 Å². The van der Waals surface area contributed by atoms with Crippen molar-refractivity contribution in [1.29, 1.82) is 0 Å². The Bertz CT molecular complexity index is 207. The van der Waals surface area contributed by atoms with Crippen LogP contribution < -0.4 is 4.74 Å². The maximum Gasteiger partial charge on any atom is 0.232 e. The maximum atomic E-state index is 4.98. The van der Waals surface area contributed by atoms with Gasteiger partial charge >= 0.3 is 0 Å². The minimum absolute atomic E-state index is 0.303. The van der Waals surface area contributed by atoms with Crippen molar-refractivity contribution >= 4 is 0 Å². The molecule has 1 rings (SSSR count). The molecular formula is C6H11N3O. The predicted octanol–water partition coefficient (Wildman–Crippen LogP) is 0.868. The van der Waals surface area contributed by atoms with Gasteiger partial charge in [-0.25, -0.2) is 4.68 Å². The first-order chi connectivity index (χ1) is 4.75. The van der Waals surface area contributed by atoms with Crippen molar-refractivity contribution in [3.63, 3.8) is 0 Å². The number of hydrogen-bond donors (Lipinski definition) is 0.